The Morgan fingerprint density at radius 1 is 0.765 bits per heavy atom. The third kappa shape index (κ3) is 2.77. The van der Waals surface area contributed by atoms with Gasteiger partial charge in [0.2, 0.25) is 29.0 Å². The van der Waals surface area contributed by atoms with Crippen LogP contribution in [0.15, 0.2) is 83.3 Å². The number of ketones is 2. The Balaban J connectivity index is 1.49. The van der Waals surface area contributed by atoms with Crippen molar-refractivity contribution in [3.05, 3.63) is 106 Å². The van der Waals surface area contributed by atoms with Gasteiger partial charge in [0, 0.05) is 15.6 Å². The van der Waals surface area contributed by atoms with Gasteiger partial charge < -0.3 is 4.74 Å². The molecule has 0 radical (unpaired) electrons. The Hall–Kier alpha value is -3.42. The second-order valence-electron chi connectivity index (χ2n) is 8.78. The van der Waals surface area contributed by atoms with E-state index in [1.165, 1.54) is 4.90 Å². The van der Waals surface area contributed by atoms with E-state index in [2.05, 4.69) is 15.9 Å². The molecule has 3 aromatic rings. The molecule has 0 unspecified atom stereocenters. The number of Topliss-reactive ketones (excluding diaryl/α,β-unsaturated/α-hetero) is 2. The molecule has 0 saturated carbocycles. The summed E-state index contributed by atoms with van der Waals surface area (Å²) in [5.74, 6) is -4.27. The summed E-state index contributed by atoms with van der Waals surface area (Å²) < 4.78 is 7.10. The van der Waals surface area contributed by atoms with Crippen molar-refractivity contribution >= 4 is 39.3 Å². The van der Waals surface area contributed by atoms with Crippen molar-refractivity contribution in [2.45, 2.75) is 18.2 Å². The Morgan fingerprint density at radius 3 is 1.97 bits per heavy atom. The van der Waals surface area contributed by atoms with E-state index < -0.39 is 46.9 Å². The highest BCUT2D eigenvalue weighted by atomic mass is 79.9. The zero-order valence-electron chi connectivity index (χ0n) is 17.8. The van der Waals surface area contributed by atoms with Crippen LogP contribution in [0, 0.1) is 11.8 Å². The average molecular weight is 516 g/mol. The first kappa shape index (κ1) is 21.1. The third-order valence-electron chi connectivity index (χ3n) is 6.99. The number of halogens is 1. The summed E-state index contributed by atoms with van der Waals surface area (Å²) in [7, 11) is 0. The highest BCUT2D eigenvalue weighted by Gasteiger charge is 2.74. The van der Waals surface area contributed by atoms with Crippen LogP contribution in [-0.2, 0) is 20.9 Å². The molecular formula is C27H18BrNO5. The minimum atomic E-state index is -2.04. The number of benzene rings is 3. The first-order chi connectivity index (χ1) is 16.4. The van der Waals surface area contributed by atoms with Crippen LogP contribution in [0.2, 0.25) is 0 Å². The molecule has 2 aliphatic heterocycles. The minimum absolute atomic E-state index is 0.0734. The Bertz CT molecular complexity index is 1330. The molecule has 3 aromatic carbocycles. The maximum absolute atomic E-state index is 13.7. The molecular weight excluding hydrogens is 498 g/mol. The van der Waals surface area contributed by atoms with E-state index in [9.17, 15) is 19.2 Å². The molecule has 2 saturated heterocycles. The summed E-state index contributed by atoms with van der Waals surface area (Å²) >= 11 is 3.40. The van der Waals surface area contributed by atoms with Crippen LogP contribution in [0.5, 0.6) is 0 Å². The Kier molecular flexibility index (Phi) is 4.69. The summed E-state index contributed by atoms with van der Waals surface area (Å²) in [6.45, 7) is 0.0734. The van der Waals surface area contributed by atoms with Gasteiger partial charge in [-0.3, -0.25) is 24.1 Å². The highest BCUT2D eigenvalue weighted by molar-refractivity contribution is 9.10. The van der Waals surface area contributed by atoms with Crippen LogP contribution in [0.4, 0.5) is 0 Å². The number of fused-ring (bicyclic) bond motifs is 3. The molecule has 2 amide bonds. The number of likely N-dealkylation sites (tertiary alicyclic amines) is 1. The van der Waals surface area contributed by atoms with Gasteiger partial charge in [0.15, 0.2) is 0 Å². The summed E-state index contributed by atoms with van der Waals surface area (Å²) in [5, 5.41) is 0. The molecule has 0 aromatic heterocycles. The van der Waals surface area contributed by atoms with Gasteiger partial charge in [-0.25, -0.2) is 0 Å². The van der Waals surface area contributed by atoms with Crippen molar-refractivity contribution in [1.29, 1.82) is 0 Å². The molecule has 6 rings (SSSR count). The lowest BCUT2D eigenvalue weighted by Crippen LogP contribution is -2.50. The van der Waals surface area contributed by atoms with E-state index in [0.717, 1.165) is 10.0 Å². The van der Waals surface area contributed by atoms with Crippen LogP contribution < -0.4 is 0 Å². The largest absolute Gasteiger partial charge is 0.349 e. The highest BCUT2D eigenvalue weighted by Crippen LogP contribution is 2.57. The second kappa shape index (κ2) is 7.55. The number of rotatable bonds is 3. The van der Waals surface area contributed by atoms with Gasteiger partial charge in [0.1, 0.15) is 0 Å². The van der Waals surface area contributed by atoms with E-state index in [0.29, 0.717) is 5.56 Å². The van der Waals surface area contributed by atoms with Gasteiger partial charge in [0.05, 0.1) is 24.5 Å². The third-order valence-corrected chi connectivity index (χ3v) is 7.52. The fourth-order valence-corrected chi connectivity index (χ4v) is 5.72. The first-order valence-corrected chi connectivity index (χ1v) is 11.7. The molecule has 168 valence electrons. The molecule has 2 heterocycles. The SMILES string of the molecule is O=C1[C@H]2[C@H](c3ccc(Br)cc3)OC3(C(=O)c4ccccc4C3=O)[C@H]2C(=O)N1Cc1ccccc1. The summed E-state index contributed by atoms with van der Waals surface area (Å²) in [5.41, 5.74) is -0.167. The minimum Gasteiger partial charge on any atom is -0.349 e. The zero-order valence-corrected chi connectivity index (χ0v) is 19.4. The van der Waals surface area contributed by atoms with Crippen molar-refractivity contribution in [2.24, 2.45) is 11.8 Å². The molecule has 34 heavy (non-hydrogen) atoms. The van der Waals surface area contributed by atoms with Crippen molar-refractivity contribution in [2.75, 3.05) is 0 Å². The predicted octanol–water partition coefficient (Wildman–Crippen LogP) is 4.14. The lowest BCUT2D eigenvalue weighted by atomic mass is 9.77. The average Bonchev–Trinajstić information content (AvgIpc) is 3.41. The van der Waals surface area contributed by atoms with Crippen LogP contribution in [-0.4, -0.2) is 33.9 Å². The molecule has 7 heteroatoms. The number of ether oxygens (including phenoxy) is 1. The van der Waals surface area contributed by atoms with E-state index >= 15 is 0 Å². The number of hydrogen-bond acceptors (Lipinski definition) is 5. The van der Waals surface area contributed by atoms with Crippen molar-refractivity contribution in [1.82, 2.24) is 4.90 Å². The molecule has 3 atom stereocenters. The smallest absolute Gasteiger partial charge is 0.237 e. The number of hydrogen-bond donors (Lipinski definition) is 0. The number of imide groups is 1. The van der Waals surface area contributed by atoms with Gasteiger partial charge in [-0.05, 0) is 23.3 Å². The summed E-state index contributed by atoms with van der Waals surface area (Å²) in [6, 6.07) is 22.8. The maximum atomic E-state index is 13.7. The fraction of sp³-hybridized carbons (Fsp3) is 0.185. The van der Waals surface area contributed by atoms with Crippen molar-refractivity contribution in [3.8, 4) is 0 Å². The summed E-state index contributed by atoms with van der Waals surface area (Å²) in [4.78, 5) is 56.0. The van der Waals surface area contributed by atoms with E-state index in [1.54, 1.807) is 48.5 Å². The molecule has 2 fully saturated rings. The molecule has 0 bridgehead atoms. The number of carbonyl (C=O) groups excluding carboxylic acids is 4. The molecule has 1 spiro atoms. The van der Waals surface area contributed by atoms with E-state index in [-0.39, 0.29) is 17.7 Å². The van der Waals surface area contributed by atoms with Gasteiger partial charge in [-0.1, -0.05) is 82.7 Å². The van der Waals surface area contributed by atoms with Crippen molar-refractivity contribution in [3.63, 3.8) is 0 Å². The van der Waals surface area contributed by atoms with E-state index in [1.807, 2.05) is 30.3 Å². The second-order valence-corrected chi connectivity index (χ2v) is 9.70. The first-order valence-electron chi connectivity index (χ1n) is 10.9. The maximum Gasteiger partial charge on any atom is 0.237 e. The van der Waals surface area contributed by atoms with Gasteiger partial charge in [0.25, 0.3) is 0 Å². The summed E-state index contributed by atoms with van der Waals surface area (Å²) in [6.07, 6.45) is -0.905. The normalized spacial score (nSPS) is 24.7. The lowest BCUT2D eigenvalue weighted by Gasteiger charge is -2.27. The number of nitrogens with zero attached hydrogens (tertiary/aromatic N) is 1. The Morgan fingerprint density at radius 2 is 1.35 bits per heavy atom. The van der Waals surface area contributed by atoms with Gasteiger partial charge in [-0.2, -0.15) is 0 Å². The molecule has 6 nitrogen and oxygen atoms in total. The fourth-order valence-electron chi connectivity index (χ4n) is 5.45. The van der Waals surface area contributed by atoms with Crippen LogP contribution in [0.1, 0.15) is 37.9 Å². The number of carbonyl (C=O) groups is 4. The van der Waals surface area contributed by atoms with Crippen molar-refractivity contribution < 1.29 is 23.9 Å². The van der Waals surface area contributed by atoms with Crippen LogP contribution >= 0.6 is 15.9 Å². The number of amides is 2. The monoisotopic (exact) mass is 515 g/mol. The van der Waals surface area contributed by atoms with E-state index in [4.69, 9.17) is 4.74 Å². The van der Waals surface area contributed by atoms with Crippen LogP contribution in [0.25, 0.3) is 0 Å². The van der Waals surface area contributed by atoms with Gasteiger partial charge >= 0.3 is 0 Å². The zero-order chi connectivity index (χ0) is 23.6. The van der Waals surface area contributed by atoms with Crippen LogP contribution in [0.3, 0.4) is 0 Å². The Labute approximate surface area is 203 Å². The molecule has 0 N–H and O–H groups in total. The standard InChI is InChI=1S/C27H18BrNO5/c28-17-12-10-16(11-13-17)22-20-21(26(33)29(25(20)32)14-15-6-2-1-3-7-15)27(34-22)23(30)18-8-4-5-9-19(18)24(27)31/h1-13,20-22H,14H2/t20-,21-,22+/m1/s1. The lowest BCUT2D eigenvalue weighted by molar-refractivity contribution is -0.145. The topological polar surface area (TPSA) is 80.8 Å². The van der Waals surface area contributed by atoms with Gasteiger partial charge in [-0.15, -0.1) is 0 Å². The molecule has 3 aliphatic rings. The molecule has 1 aliphatic carbocycles. The predicted molar refractivity (Wildman–Crippen MR) is 125 cm³/mol. The quantitative estimate of drug-likeness (QED) is 0.386.